The summed E-state index contributed by atoms with van der Waals surface area (Å²) in [6.45, 7) is 5.60. The van der Waals surface area contributed by atoms with Gasteiger partial charge in [-0.15, -0.1) is 0 Å². The lowest BCUT2D eigenvalue weighted by molar-refractivity contribution is -0.122. The molecule has 2 aromatic carbocycles. The summed E-state index contributed by atoms with van der Waals surface area (Å²) in [6.07, 6.45) is 1.29. The number of ketones is 1. The Kier molecular flexibility index (Phi) is 4.77. The minimum absolute atomic E-state index is 0.101. The van der Waals surface area contributed by atoms with Crippen LogP contribution in [0.2, 0.25) is 0 Å². The van der Waals surface area contributed by atoms with Crippen molar-refractivity contribution in [1.82, 2.24) is 0 Å². The number of rotatable bonds is 4. The molecule has 1 aliphatic carbocycles. The van der Waals surface area contributed by atoms with Gasteiger partial charge in [0.1, 0.15) is 28.6 Å². The van der Waals surface area contributed by atoms with Crippen molar-refractivity contribution in [3.63, 3.8) is 0 Å². The van der Waals surface area contributed by atoms with Gasteiger partial charge in [0.25, 0.3) is 0 Å². The minimum Gasteiger partial charge on any atom is -0.508 e. The first-order valence-corrected chi connectivity index (χ1v) is 10.2. The van der Waals surface area contributed by atoms with Crippen molar-refractivity contribution >= 4 is 22.3 Å². The minimum atomic E-state index is -0.968. The maximum absolute atomic E-state index is 13.3. The molecule has 0 atom stereocenters. The molecule has 3 aromatic rings. The zero-order valence-corrected chi connectivity index (χ0v) is 17.3. The molecule has 5 heteroatoms. The molecule has 5 nitrogen and oxygen atoms in total. The molecule has 4 rings (SSSR count). The second kappa shape index (κ2) is 7.17. The number of aliphatic hydroxyl groups excluding tert-OH is 1. The number of carbonyl (C=O) groups is 1. The fourth-order valence-electron chi connectivity index (χ4n) is 4.45. The highest BCUT2D eigenvalue weighted by Crippen LogP contribution is 2.44. The first-order valence-electron chi connectivity index (χ1n) is 10.2. The van der Waals surface area contributed by atoms with Gasteiger partial charge in [-0.3, -0.25) is 9.59 Å². The van der Waals surface area contributed by atoms with Crippen LogP contribution in [0.5, 0.6) is 5.75 Å². The molecular formula is C25H24O5. The van der Waals surface area contributed by atoms with Gasteiger partial charge in [0, 0.05) is 17.2 Å². The van der Waals surface area contributed by atoms with E-state index in [-0.39, 0.29) is 39.6 Å². The molecule has 2 N–H and O–H groups in total. The van der Waals surface area contributed by atoms with E-state index in [1.807, 2.05) is 32.0 Å². The van der Waals surface area contributed by atoms with Crippen LogP contribution in [-0.2, 0) is 10.2 Å². The molecule has 0 bridgehead atoms. The summed E-state index contributed by atoms with van der Waals surface area (Å²) in [5.41, 5.74) is -0.253. The van der Waals surface area contributed by atoms with Crippen molar-refractivity contribution in [2.24, 2.45) is 0 Å². The Hall–Kier alpha value is -3.34. The van der Waals surface area contributed by atoms with Gasteiger partial charge in [0.2, 0.25) is 0 Å². The van der Waals surface area contributed by atoms with Gasteiger partial charge in [-0.25, -0.2) is 0 Å². The molecule has 30 heavy (non-hydrogen) atoms. The monoisotopic (exact) mass is 404 g/mol. The first kappa shape index (κ1) is 20.0. The Morgan fingerprint density at radius 2 is 1.57 bits per heavy atom. The molecule has 0 saturated heterocycles. The lowest BCUT2D eigenvalue weighted by atomic mass is 9.68. The Balaban J connectivity index is 1.99. The summed E-state index contributed by atoms with van der Waals surface area (Å²) in [7, 11) is 0. The van der Waals surface area contributed by atoms with Crippen LogP contribution in [0.25, 0.3) is 27.9 Å². The van der Waals surface area contributed by atoms with Gasteiger partial charge in [-0.2, -0.15) is 0 Å². The number of Topliss-reactive ketones (excluding diaryl/α,β-unsaturated/α-hetero) is 1. The third-order valence-electron chi connectivity index (χ3n) is 6.28. The van der Waals surface area contributed by atoms with Crippen LogP contribution in [0.1, 0.15) is 51.4 Å². The van der Waals surface area contributed by atoms with Crippen molar-refractivity contribution in [3.8, 4) is 17.1 Å². The van der Waals surface area contributed by atoms with E-state index in [2.05, 4.69) is 0 Å². The standard InChI is InChI=1S/C25H24O5/c1-4-18-22(28)21-19(27)13-20(30-24(21)25(5-2,6-3)23(18)29)16-8-7-15-12-17(26)10-9-14(15)11-16/h7-13,26,28H,4-6H2,1-3H3. The van der Waals surface area contributed by atoms with E-state index in [0.29, 0.717) is 30.6 Å². The van der Waals surface area contributed by atoms with Crippen LogP contribution >= 0.6 is 0 Å². The van der Waals surface area contributed by atoms with Gasteiger partial charge in [-0.05, 0) is 48.2 Å². The molecular weight excluding hydrogens is 380 g/mol. The fourth-order valence-corrected chi connectivity index (χ4v) is 4.45. The smallest absolute Gasteiger partial charge is 0.196 e. The number of benzene rings is 2. The zero-order chi connectivity index (χ0) is 21.6. The van der Waals surface area contributed by atoms with Gasteiger partial charge in [-0.1, -0.05) is 39.0 Å². The van der Waals surface area contributed by atoms with Gasteiger partial charge >= 0.3 is 0 Å². The van der Waals surface area contributed by atoms with Crippen molar-refractivity contribution in [2.75, 3.05) is 0 Å². The Bertz CT molecular complexity index is 1260. The SMILES string of the molecule is CCC1=C(O)c2c(oc(-c3ccc4cc(O)ccc4c3)cc2=O)C(CC)(CC)C1=O. The molecule has 154 valence electrons. The molecule has 0 unspecified atom stereocenters. The van der Waals surface area contributed by atoms with E-state index in [0.717, 1.165) is 10.8 Å². The third kappa shape index (κ3) is 2.76. The fraction of sp³-hybridized carbons (Fsp3) is 0.280. The number of hydrogen-bond acceptors (Lipinski definition) is 5. The number of hydrogen-bond donors (Lipinski definition) is 2. The topological polar surface area (TPSA) is 87.7 Å². The quantitative estimate of drug-likeness (QED) is 0.601. The molecule has 0 amide bonds. The van der Waals surface area contributed by atoms with Crippen LogP contribution in [0, 0.1) is 0 Å². The van der Waals surface area contributed by atoms with E-state index in [1.54, 1.807) is 25.1 Å². The van der Waals surface area contributed by atoms with E-state index in [1.165, 1.54) is 6.07 Å². The highest BCUT2D eigenvalue weighted by molar-refractivity contribution is 6.10. The van der Waals surface area contributed by atoms with E-state index >= 15 is 0 Å². The Morgan fingerprint density at radius 3 is 2.23 bits per heavy atom. The number of phenols is 1. The van der Waals surface area contributed by atoms with Gasteiger partial charge in [0.15, 0.2) is 11.2 Å². The van der Waals surface area contributed by atoms with Crippen LogP contribution in [0.3, 0.4) is 0 Å². The molecule has 0 aliphatic heterocycles. The first-order chi connectivity index (χ1) is 14.4. The predicted octanol–water partition coefficient (Wildman–Crippen LogP) is 5.49. The predicted molar refractivity (Wildman–Crippen MR) is 117 cm³/mol. The summed E-state index contributed by atoms with van der Waals surface area (Å²) < 4.78 is 6.21. The van der Waals surface area contributed by atoms with Crippen molar-refractivity contribution in [1.29, 1.82) is 0 Å². The summed E-state index contributed by atoms with van der Waals surface area (Å²) >= 11 is 0. The van der Waals surface area contributed by atoms with Crippen LogP contribution < -0.4 is 5.43 Å². The second-order valence-corrected chi connectivity index (χ2v) is 7.72. The molecule has 1 aromatic heterocycles. The average molecular weight is 404 g/mol. The zero-order valence-electron chi connectivity index (χ0n) is 17.3. The number of phenolic OH excluding ortho intramolecular Hbond substituents is 1. The normalized spacial score (nSPS) is 15.5. The molecule has 0 saturated carbocycles. The highest BCUT2D eigenvalue weighted by atomic mass is 16.3. The maximum atomic E-state index is 13.3. The van der Waals surface area contributed by atoms with E-state index in [4.69, 9.17) is 4.42 Å². The largest absolute Gasteiger partial charge is 0.508 e. The number of aromatic hydroxyl groups is 1. The van der Waals surface area contributed by atoms with Gasteiger partial charge < -0.3 is 14.6 Å². The van der Waals surface area contributed by atoms with Crippen LogP contribution in [0.4, 0.5) is 0 Å². The molecule has 0 spiro atoms. The lowest BCUT2D eigenvalue weighted by Gasteiger charge is -2.35. The number of aliphatic hydroxyl groups is 1. The number of fused-ring (bicyclic) bond motifs is 2. The molecule has 0 fully saturated rings. The van der Waals surface area contributed by atoms with Crippen LogP contribution in [-0.4, -0.2) is 16.0 Å². The highest BCUT2D eigenvalue weighted by Gasteiger charge is 2.48. The number of allylic oxidation sites excluding steroid dienone is 1. The number of carbonyl (C=O) groups excluding carboxylic acids is 1. The molecule has 0 radical (unpaired) electrons. The molecule has 1 heterocycles. The maximum Gasteiger partial charge on any atom is 0.196 e. The summed E-state index contributed by atoms with van der Waals surface area (Å²) in [5, 5.41) is 22.1. The van der Waals surface area contributed by atoms with Crippen LogP contribution in [0.15, 0.2) is 57.2 Å². The summed E-state index contributed by atoms with van der Waals surface area (Å²) in [5.74, 6) is 0.346. The second-order valence-electron chi connectivity index (χ2n) is 7.72. The average Bonchev–Trinajstić information content (AvgIpc) is 2.74. The summed E-state index contributed by atoms with van der Waals surface area (Å²) in [4.78, 5) is 26.3. The van der Waals surface area contributed by atoms with E-state index < -0.39 is 5.41 Å². The van der Waals surface area contributed by atoms with Gasteiger partial charge in [0.05, 0.1) is 5.41 Å². The van der Waals surface area contributed by atoms with Crippen molar-refractivity contribution in [3.05, 3.63) is 69.6 Å². The van der Waals surface area contributed by atoms with E-state index in [9.17, 15) is 19.8 Å². The lowest BCUT2D eigenvalue weighted by Crippen LogP contribution is -2.41. The third-order valence-corrected chi connectivity index (χ3v) is 6.28. The van der Waals surface area contributed by atoms with Crippen molar-refractivity contribution < 1.29 is 19.4 Å². The Morgan fingerprint density at radius 1 is 0.900 bits per heavy atom. The molecule has 1 aliphatic rings. The van der Waals surface area contributed by atoms with Crippen molar-refractivity contribution in [2.45, 2.75) is 45.4 Å². The Labute approximate surface area is 174 Å². The summed E-state index contributed by atoms with van der Waals surface area (Å²) in [6, 6.07) is 11.9.